The van der Waals surface area contributed by atoms with E-state index >= 15 is 0 Å². The van der Waals surface area contributed by atoms with Crippen molar-refractivity contribution in [2.24, 2.45) is 0 Å². The molecule has 110 valence electrons. The zero-order chi connectivity index (χ0) is 15.5. The molecule has 2 aromatic rings. The predicted molar refractivity (Wildman–Crippen MR) is 107 cm³/mol. The van der Waals surface area contributed by atoms with Gasteiger partial charge >= 0.3 is 0 Å². The Balaban J connectivity index is 2.27. The van der Waals surface area contributed by atoms with Gasteiger partial charge in [0, 0.05) is 15.0 Å². The van der Waals surface area contributed by atoms with E-state index in [2.05, 4.69) is 112 Å². The summed E-state index contributed by atoms with van der Waals surface area (Å²) in [4.78, 5) is 0. The molecule has 0 aromatic heterocycles. The number of hydrogen-bond acceptors (Lipinski definition) is 2. The molecule has 0 spiro atoms. The number of halogens is 7. The highest BCUT2D eigenvalue weighted by Crippen LogP contribution is 2.59. The van der Waals surface area contributed by atoms with Crippen molar-refractivity contribution in [2.75, 3.05) is 0 Å². The molecule has 1 aliphatic heterocycles. The van der Waals surface area contributed by atoms with Crippen LogP contribution in [-0.2, 0) is 0 Å². The summed E-state index contributed by atoms with van der Waals surface area (Å²) >= 11 is 24.5. The van der Waals surface area contributed by atoms with Crippen molar-refractivity contribution in [1.29, 1.82) is 0 Å². The van der Waals surface area contributed by atoms with Crippen LogP contribution in [0.3, 0.4) is 0 Å². The highest BCUT2D eigenvalue weighted by atomic mass is 79.9. The van der Waals surface area contributed by atoms with Crippen LogP contribution in [0.4, 0.5) is 0 Å². The third kappa shape index (κ3) is 2.82. The largest absolute Gasteiger partial charge is 0.448 e. The third-order valence-electron chi connectivity index (χ3n) is 2.68. The molecule has 0 saturated carbocycles. The lowest BCUT2D eigenvalue weighted by molar-refractivity contribution is 0.353. The standard InChI is InChI=1S/C12HBr7O2/c13-2-1-3-10(7(17)4(2)14)21-12-9(19)6(16)5(15)8(18)11(12)20-3/h1H. The Bertz CT molecular complexity index is 788. The lowest BCUT2D eigenvalue weighted by Gasteiger charge is -2.25. The molecule has 3 rings (SSSR count). The maximum atomic E-state index is 6.04. The van der Waals surface area contributed by atoms with E-state index in [1.807, 2.05) is 6.07 Å². The summed E-state index contributed by atoms with van der Waals surface area (Å²) in [6.45, 7) is 0. The number of hydrogen-bond donors (Lipinski definition) is 0. The molecular formula is C12HBr7O2. The van der Waals surface area contributed by atoms with E-state index in [9.17, 15) is 0 Å². The minimum Gasteiger partial charge on any atom is -0.448 e. The van der Waals surface area contributed by atoms with Gasteiger partial charge in [0.15, 0.2) is 23.0 Å². The monoisotopic (exact) mass is 729 g/mol. The molecule has 21 heavy (non-hydrogen) atoms. The van der Waals surface area contributed by atoms with Crippen LogP contribution in [0.25, 0.3) is 0 Å². The van der Waals surface area contributed by atoms with E-state index < -0.39 is 0 Å². The lowest BCUT2D eigenvalue weighted by atomic mass is 10.2. The van der Waals surface area contributed by atoms with Gasteiger partial charge in [0.25, 0.3) is 0 Å². The van der Waals surface area contributed by atoms with Crippen molar-refractivity contribution in [3.8, 4) is 23.0 Å². The van der Waals surface area contributed by atoms with Gasteiger partial charge in [-0.1, -0.05) is 0 Å². The molecule has 0 aliphatic carbocycles. The van der Waals surface area contributed by atoms with Crippen LogP contribution in [0, 0.1) is 0 Å². The highest BCUT2D eigenvalue weighted by Gasteiger charge is 2.30. The van der Waals surface area contributed by atoms with Crippen molar-refractivity contribution in [2.45, 2.75) is 0 Å². The van der Waals surface area contributed by atoms with Crippen molar-refractivity contribution in [1.82, 2.24) is 0 Å². The van der Waals surface area contributed by atoms with Gasteiger partial charge in [0.1, 0.15) is 0 Å². The van der Waals surface area contributed by atoms with E-state index in [-0.39, 0.29) is 0 Å². The minimum atomic E-state index is 0.597. The van der Waals surface area contributed by atoms with Gasteiger partial charge in [-0.05, 0) is 112 Å². The quantitative estimate of drug-likeness (QED) is 0.170. The summed E-state index contributed by atoms with van der Waals surface area (Å²) in [6.07, 6.45) is 0. The van der Waals surface area contributed by atoms with Gasteiger partial charge in [-0.3, -0.25) is 0 Å². The molecule has 2 nitrogen and oxygen atoms in total. The van der Waals surface area contributed by atoms with Crippen LogP contribution >= 0.6 is 112 Å². The van der Waals surface area contributed by atoms with Crippen molar-refractivity contribution in [3.63, 3.8) is 0 Å². The van der Waals surface area contributed by atoms with Crippen molar-refractivity contribution < 1.29 is 9.47 Å². The summed E-state index contributed by atoms with van der Waals surface area (Å²) in [6, 6.07) is 1.85. The van der Waals surface area contributed by atoms with E-state index in [0.29, 0.717) is 23.0 Å². The third-order valence-corrected chi connectivity index (χ3v) is 10.6. The normalized spacial score (nSPS) is 12.3. The van der Waals surface area contributed by atoms with Gasteiger partial charge < -0.3 is 9.47 Å². The van der Waals surface area contributed by atoms with Gasteiger partial charge in [-0.2, -0.15) is 0 Å². The molecule has 9 heteroatoms. The fourth-order valence-electron chi connectivity index (χ4n) is 1.71. The first-order valence-electron chi connectivity index (χ1n) is 5.22. The Morgan fingerprint density at radius 1 is 0.524 bits per heavy atom. The van der Waals surface area contributed by atoms with E-state index in [4.69, 9.17) is 9.47 Å². The van der Waals surface area contributed by atoms with Crippen LogP contribution in [0.1, 0.15) is 0 Å². The maximum Gasteiger partial charge on any atom is 0.186 e. The smallest absolute Gasteiger partial charge is 0.186 e. The first kappa shape index (κ1) is 17.2. The number of benzene rings is 2. The Labute approximate surface area is 179 Å². The summed E-state index contributed by atoms with van der Waals surface area (Å²) in [5.41, 5.74) is 0. The van der Waals surface area contributed by atoms with Gasteiger partial charge in [0.2, 0.25) is 0 Å². The topological polar surface area (TPSA) is 18.5 Å². The Kier molecular flexibility index (Phi) is 5.22. The molecule has 0 radical (unpaired) electrons. The molecule has 1 heterocycles. The van der Waals surface area contributed by atoms with E-state index in [1.165, 1.54) is 0 Å². The summed E-state index contributed by atoms with van der Waals surface area (Å²) in [7, 11) is 0. The minimum absolute atomic E-state index is 0.597. The maximum absolute atomic E-state index is 6.04. The summed E-state index contributed by atoms with van der Waals surface area (Å²) < 4.78 is 17.8. The first-order valence-corrected chi connectivity index (χ1v) is 10.8. The molecule has 1 aliphatic rings. The number of rotatable bonds is 0. The zero-order valence-electron chi connectivity index (χ0n) is 9.54. The molecule has 0 saturated heterocycles. The summed E-state index contributed by atoms with van der Waals surface area (Å²) in [5, 5.41) is 0. The van der Waals surface area contributed by atoms with Crippen LogP contribution in [0.5, 0.6) is 23.0 Å². The van der Waals surface area contributed by atoms with E-state index in [0.717, 1.165) is 31.3 Å². The molecule has 0 N–H and O–H groups in total. The average Bonchev–Trinajstić information content (AvgIpc) is 2.47. The fourth-order valence-corrected chi connectivity index (χ4v) is 5.38. The number of fused-ring (bicyclic) bond motifs is 2. The van der Waals surface area contributed by atoms with Gasteiger partial charge in [-0.25, -0.2) is 0 Å². The molecule has 2 aromatic carbocycles. The Morgan fingerprint density at radius 2 is 1.00 bits per heavy atom. The number of ether oxygens (including phenoxy) is 2. The average molecular weight is 736 g/mol. The SMILES string of the molecule is Brc1cc2c(c(Br)c1Br)Oc1c(Br)c(Br)c(Br)c(Br)c1O2. The van der Waals surface area contributed by atoms with Crippen LogP contribution in [0.2, 0.25) is 0 Å². The van der Waals surface area contributed by atoms with Gasteiger partial charge in [0.05, 0.1) is 22.4 Å². The molecule has 0 fully saturated rings. The van der Waals surface area contributed by atoms with Crippen molar-refractivity contribution >= 4 is 112 Å². The zero-order valence-corrected chi connectivity index (χ0v) is 20.6. The molecule has 0 amide bonds. The lowest BCUT2D eigenvalue weighted by Crippen LogP contribution is -2.02. The Hall–Kier alpha value is 1.40. The molecule has 0 atom stereocenters. The van der Waals surface area contributed by atoms with Gasteiger partial charge in [-0.15, -0.1) is 0 Å². The fraction of sp³-hybridized carbons (Fsp3) is 0. The van der Waals surface area contributed by atoms with Crippen LogP contribution < -0.4 is 9.47 Å². The second kappa shape index (κ2) is 6.37. The Morgan fingerprint density at radius 3 is 1.57 bits per heavy atom. The highest BCUT2D eigenvalue weighted by molar-refractivity contribution is 9.15. The van der Waals surface area contributed by atoms with E-state index in [1.54, 1.807) is 0 Å². The summed E-state index contributed by atoms with van der Waals surface area (Å²) in [5.74, 6) is 2.43. The first-order chi connectivity index (χ1) is 9.82. The second-order valence-corrected chi connectivity index (χ2v) is 9.54. The molecule has 0 bridgehead atoms. The van der Waals surface area contributed by atoms with Crippen LogP contribution in [0.15, 0.2) is 37.4 Å². The predicted octanol–water partition coefficient (Wildman–Crippen LogP) is 8.92. The molecular weight excluding hydrogens is 735 g/mol. The molecule has 0 unspecified atom stereocenters. The second-order valence-electron chi connectivity index (χ2n) is 3.93. The van der Waals surface area contributed by atoms with Crippen molar-refractivity contribution in [3.05, 3.63) is 37.4 Å². The van der Waals surface area contributed by atoms with Crippen LogP contribution in [-0.4, -0.2) is 0 Å².